The van der Waals surface area contributed by atoms with Gasteiger partial charge in [0.25, 0.3) is 0 Å². The summed E-state index contributed by atoms with van der Waals surface area (Å²) < 4.78 is 19.6. The standard InChI is InChI=1S/C22H22Br4O5/c1-5-17(28)31-21-16(25)11-13(19(18(21)26)29-6-2)22(3,4)12-9-14(23)20(15(24)10-12)30-8-7-27/h5,9-11,27H,1,6-8H2,2-4H3. The second-order valence-corrected chi connectivity index (χ2v) is 10.3. The van der Waals surface area contributed by atoms with Gasteiger partial charge in [-0.25, -0.2) is 4.79 Å². The number of carbonyl (C=O) groups excluding carboxylic acids is 1. The van der Waals surface area contributed by atoms with Crippen LogP contribution >= 0.6 is 63.7 Å². The second kappa shape index (κ2) is 11.3. The van der Waals surface area contributed by atoms with Crippen molar-refractivity contribution in [2.45, 2.75) is 26.2 Å². The molecule has 0 spiro atoms. The average molecular weight is 686 g/mol. The molecule has 2 aromatic rings. The Morgan fingerprint density at radius 2 is 1.61 bits per heavy atom. The lowest BCUT2D eigenvalue weighted by molar-refractivity contribution is -0.129. The van der Waals surface area contributed by atoms with Crippen LogP contribution in [-0.4, -0.2) is 30.9 Å². The number of carbonyl (C=O) groups is 1. The number of aliphatic hydroxyl groups is 1. The van der Waals surface area contributed by atoms with Crippen molar-refractivity contribution in [2.75, 3.05) is 19.8 Å². The number of halogens is 4. The van der Waals surface area contributed by atoms with E-state index in [0.717, 1.165) is 26.1 Å². The van der Waals surface area contributed by atoms with Gasteiger partial charge < -0.3 is 19.3 Å². The second-order valence-electron chi connectivity index (χ2n) is 6.90. The first-order chi connectivity index (χ1) is 14.6. The molecule has 0 saturated heterocycles. The van der Waals surface area contributed by atoms with E-state index in [4.69, 9.17) is 19.3 Å². The first-order valence-corrected chi connectivity index (χ1v) is 12.5. The molecular weight excluding hydrogens is 664 g/mol. The number of ether oxygens (including phenoxy) is 3. The van der Waals surface area contributed by atoms with Gasteiger partial charge >= 0.3 is 5.97 Å². The van der Waals surface area contributed by atoms with Crippen LogP contribution in [0.15, 0.2) is 48.7 Å². The summed E-state index contributed by atoms with van der Waals surface area (Å²) >= 11 is 14.2. The van der Waals surface area contributed by atoms with Gasteiger partial charge in [0, 0.05) is 17.1 Å². The van der Waals surface area contributed by atoms with E-state index in [1.54, 1.807) is 0 Å². The lowest BCUT2D eigenvalue weighted by Crippen LogP contribution is -2.21. The van der Waals surface area contributed by atoms with Crippen LogP contribution in [0.3, 0.4) is 0 Å². The van der Waals surface area contributed by atoms with E-state index in [2.05, 4.69) is 84.1 Å². The molecule has 0 aliphatic carbocycles. The Bertz CT molecular complexity index is 965. The molecule has 0 unspecified atom stereocenters. The van der Waals surface area contributed by atoms with Crippen molar-refractivity contribution in [1.29, 1.82) is 0 Å². The predicted octanol–water partition coefficient (Wildman–Crippen LogP) is 6.92. The molecule has 0 aliphatic rings. The molecule has 5 nitrogen and oxygen atoms in total. The Kier molecular flexibility index (Phi) is 9.63. The van der Waals surface area contributed by atoms with E-state index >= 15 is 0 Å². The zero-order chi connectivity index (χ0) is 23.3. The van der Waals surface area contributed by atoms with Crippen molar-refractivity contribution in [3.63, 3.8) is 0 Å². The monoisotopic (exact) mass is 682 g/mol. The molecule has 0 amide bonds. The molecule has 168 valence electrons. The first-order valence-electron chi connectivity index (χ1n) is 9.31. The number of esters is 1. The van der Waals surface area contributed by atoms with Gasteiger partial charge in [0.05, 0.1) is 26.6 Å². The van der Waals surface area contributed by atoms with Crippen LogP contribution in [0, 0.1) is 0 Å². The zero-order valence-corrected chi connectivity index (χ0v) is 23.6. The molecule has 2 aromatic carbocycles. The van der Waals surface area contributed by atoms with Crippen LogP contribution < -0.4 is 14.2 Å². The third-order valence-corrected chi connectivity index (χ3v) is 7.01. The van der Waals surface area contributed by atoms with E-state index in [-0.39, 0.29) is 13.2 Å². The van der Waals surface area contributed by atoms with Crippen LogP contribution in [0.25, 0.3) is 0 Å². The third-order valence-electron chi connectivity index (χ3n) is 4.52. The molecule has 0 fully saturated rings. The molecule has 0 heterocycles. The summed E-state index contributed by atoms with van der Waals surface area (Å²) in [6.45, 7) is 10.0. The Morgan fingerprint density at radius 3 is 2.13 bits per heavy atom. The highest BCUT2D eigenvalue weighted by atomic mass is 79.9. The van der Waals surface area contributed by atoms with E-state index in [0.29, 0.717) is 32.8 Å². The van der Waals surface area contributed by atoms with E-state index < -0.39 is 11.4 Å². The molecule has 0 radical (unpaired) electrons. The van der Waals surface area contributed by atoms with E-state index in [9.17, 15) is 4.79 Å². The fraction of sp³-hybridized carbons (Fsp3) is 0.318. The molecule has 2 rings (SSSR count). The summed E-state index contributed by atoms with van der Waals surface area (Å²) in [6, 6.07) is 5.83. The Labute approximate surface area is 215 Å². The summed E-state index contributed by atoms with van der Waals surface area (Å²) in [4.78, 5) is 11.8. The minimum Gasteiger partial charge on any atom is -0.492 e. The minimum atomic E-state index is -0.567. The van der Waals surface area contributed by atoms with Crippen molar-refractivity contribution < 1.29 is 24.1 Å². The van der Waals surface area contributed by atoms with Crippen molar-refractivity contribution in [2.24, 2.45) is 0 Å². The quantitative estimate of drug-likeness (QED) is 0.176. The molecule has 31 heavy (non-hydrogen) atoms. The molecular formula is C22H22Br4O5. The van der Waals surface area contributed by atoms with Gasteiger partial charge in [0.1, 0.15) is 22.6 Å². The SMILES string of the molecule is C=CC(=O)Oc1c(Br)cc(C(C)(C)c2cc(Br)c(OCCO)c(Br)c2)c(OCC)c1Br. The smallest absolute Gasteiger partial charge is 0.335 e. The van der Waals surface area contributed by atoms with Crippen LogP contribution in [0.4, 0.5) is 0 Å². The summed E-state index contributed by atoms with van der Waals surface area (Å²) in [5.74, 6) is 0.952. The fourth-order valence-corrected chi connectivity index (χ4v) is 5.74. The molecule has 9 heteroatoms. The number of aliphatic hydroxyl groups excluding tert-OH is 1. The topological polar surface area (TPSA) is 65.0 Å². The number of rotatable bonds is 9. The Morgan fingerprint density at radius 1 is 1.03 bits per heavy atom. The lowest BCUT2D eigenvalue weighted by atomic mass is 9.77. The van der Waals surface area contributed by atoms with Crippen LogP contribution in [0.5, 0.6) is 17.2 Å². The van der Waals surface area contributed by atoms with Crippen LogP contribution in [-0.2, 0) is 10.2 Å². The van der Waals surface area contributed by atoms with Gasteiger partial charge in [-0.15, -0.1) is 0 Å². The van der Waals surface area contributed by atoms with Crippen LogP contribution in [0.2, 0.25) is 0 Å². The molecule has 0 atom stereocenters. The van der Waals surface area contributed by atoms with Gasteiger partial charge in [-0.3, -0.25) is 0 Å². The highest BCUT2D eigenvalue weighted by molar-refractivity contribution is 9.11. The lowest BCUT2D eigenvalue weighted by Gasteiger charge is -2.30. The molecule has 0 aliphatic heterocycles. The molecule has 1 N–H and O–H groups in total. The Balaban J connectivity index is 2.65. The third kappa shape index (κ3) is 5.93. The van der Waals surface area contributed by atoms with Crippen molar-refractivity contribution in [3.05, 3.63) is 59.9 Å². The Hall–Kier alpha value is -0.870. The van der Waals surface area contributed by atoms with Crippen molar-refractivity contribution in [1.82, 2.24) is 0 Å². The van der Waals surface area contributed by atoms with Crippen molar-refractivity contribution in [3.8, 4) is 17.2 Å². The summed E-state index contributed by atoms with van der Waals surface area (Å²) in [5.41, 5.74) is 1.37. The van der Waals surface area contributed by atoms with E-state index in [1.165, 1.54) is 0 Å². The largest absolute Gasteiger partial charge is 0.492 e. The van der Waals surface area contributed by atoms with Gasteiger partial charge in [-0.05, 0) is 94.4 Å². The number of hydrogen-bond acceptors (Lipinski definition) is 5. The molecule has 0 aromatic heterocycles. The maximum atomic E-state index is 11.8. The van der Waals surface area contributed by atoms with E-state index in [1.807, 2.05) is 25.1 Å². The van der Waals surface area contributed by atoms with Gasteiger partial charge in [-0.2, -0.15) is 0 Å². The normalized spacial score (nSPS) is 11.2. The highest BCUT2D eigenvalue weighted by Gasteiger charge is 2.32. The number of benzene rings is 2. The van der Waals surface area contributed by atoms with Crippen LogP contribution in [0.1, 0.15) is 31.9 Å². The average Bonchev–Trinajstić information content (AvgIpc) is 2.72. The maximum absolute atomic E-state index is 11.8. The van der Waals surface area contributed by atoms with Gasteiger partial charge in [0.2, 0.25) is 0 Å². The molecule has 0 saturated carbocycles. The zero-order valence-electron chi connectivity index (χ0n) is 17.2. The first kappa shape index (κ1) is 26.4. The summed E-state index contributed by atoms with van der Waals surface area (Å²) in [6.07, 6.45) is 1.10. The summed E-state index contributed by atoms with van der Waals surface area (Å²) in [7, 11) is 0. The predicted molar refractivity (Wildman–Crippen MR) is 135 cm³/mol. The number of hydrogen-bond donors (Lipinski definition) is 1. The maximum Gasteiger partial charge on any atom is 0.335 e. The van der Waals surface area contributed by atoms with Gasteiger partial charge in [0.15, 0.2) is 5.75 Å². The molecule has 0 bridgehead atoms. The fourth-order valence-electron chi connectivity index (χ4n) is 2.93. The summed E-state index contributed by atoms with van der Waals surface area (Å²) in [5, 5.41) is 9.05. The van der Waals surface area contributed by atoms with Crippen molar-refractivity contribution >= 4 is 69.7 Å². The highest BCUT2D eigenvalue weighted by Crippen LogP contribution is 2.49. The minimum absolute atomic E-state index is 0.0747. The van der Waals surface area contributed by atoms with Gasteiger partial charge in [-0.1, -0.05) is 20.4 Å².